The molecule has 20 heavy (non-hydrogen) atoms. The van der Waals surface area contributed by atoms with E-state index in [0.29, 0.717) is 0 Å². The van der Waals surface area contributed by atoms with Crippen LogP contribution >= 0.6 is 0 Å². The molecule has 0 bridgehead atoms. The average Bonchev–Trinajstić information content (AvgIpc) is 2.49. The molecule has 0 amide bonds. The zero-order valence-corrected chi connectivity index (χ0v) is 12.6. The van der Waals surface area contributed by atoms with Gasteiger partial charge in [0.15, 0.2) is 0 Å². The summed E-state index contributed by atoms with van der Waals surface area (Å²) >= 11 is 0. The van der Waals surface area contributed by atoms with Crippen LogP contribution in [0.3, 0.4) is 0 Å². The van der Waals surface area contributed by atoms with Crippen LogP contribution in [0.1, 0.15) is 35.6 Å². The quantitative estimate of drug-likeness (QED) is 0.643. The lowest BCUT2D eigenvalue weighted by molar-refractivity contribution is 0.922. The maximum Gasteiger partial charge on any atom is -0.0260 e. The van der Waals surface area contributed by atoms with E-state index in [1.165, 1.54) is 35.1 Å². The highest BCUT2D eigenvalue weighted by Gasteiger charge is 1.89. The number of benzene rings is 2. The molecule has 0 atom stereocenters. The van der Waals surface area contributed by atoms with Crippen LogP contribution < -0.4 is 0 Å². The summed E-state index contributed by atoms with van der Waals surface area (Å²) in [5, 5.41) is 0. The average molecular weight is 264 g/mol. The lowest BCUT2D eigenvalue weighted by Gasteiger charge is -1.97. The predicted molar refractivity (Wildman–Crippen MR) is 91.8 cm³/mol. The minimum Gasteiger partial charge on any atom is -0.0985 e. The van der Waals surface area contributed by atoms with Gasteiger partial charge in [-0.05, 0) is 30.0 Å². The van der Waals surface area contributed by atoms with Crippen LogP contribution in [0.15, 0.2) is 61.7 Å². The van der Waals surface area contributed by atoms with Gasteiger partial charge in [-0.25, -0.2) is 0 Å². The van der Waals surface area contributed by atoms with Gasteiger partial charge in [-0.3, -0.25) is 0 Å². The molecule has 2 aromatic rings. The Balaban J connectivity index is 0.000000204. The van der Waals surface area contributed by atoms with Crippen LogP contribution in [0.2, 0.25) is 0 Å². The van der Waals surface area contributed by atoms with Crippen LogP contribution in [0.4, 0.5) is 0 Å². The third kappa shape index (κ3) is 5.71. The summed E-state index contributed by atoms with van der Waals surface area (Å²) in [6.45, 7) is 11.7. The Kier molecular flexibility index (Phi) is 7.13. The lowest BCUT2D eigenvalue weighted by Crippen LogP contribution is -1.81. The van der Waals surface area contributed by atoms with E-state index in [0.717, 1.165) is 0 Å². The molecule has 0 unspecified atom stereocenters. The van der Waals surface area contributed by atoms with Crippen molar-refractivity contribution in [3.8, 4) is 0 Å². The molecule has 0 saturated carbocycles. The van der Waals surface area contributed by atoms with Gasteiger partial charge in [0.25, 0.3) is 0 Å². The summed E-state index contributed by atoms with van der Waals surface area (Å²) in [5.41, 5.74) is 5.09. The zero-order valence-electron chi connectivity index (χ0n) is 12.6. The Morgan fingerprint density at radius 1 is 0.900 bits per heavy atom. The van der Waals surface area contributed by atoms with Gasteiger partial charge < -0.3 is 0 Å². The van der Waals surface area contributed by atoms with E-state index in [1.807, 2.05) is 24.3 Å². The van der Waals surface area contributed by atoms with Crippen molar-refractivity contribution >= 4 is 12.2 Å². The second-order valence-corrected chi connectivity index (χ2v) is 4.81. The molecule has 0 heterocycles. The predicted octanol–water partition coefficient (Wildman–Crippen LogP) is 5.92. The molecule has 0 radical (unpaired) electrons. The maximum absolute atomic E-state index is 3.71. The van der Waals surface area contributed by atoms with Gasteiger partial charge in [0, 0.05) is 0 Å². The minimum absolute atomic E-state index is 1.18. The Bertz CT molecular complexity index is 532. The highest BCUT2D eigenvalue weighted by Crippen LogP contribution is 2.07. The minimum atomic E-state index is 1.18. The smallest absolute Gasteiger partial charge is 0.0260 e. The molecule has 0 aromatic heterocycles. The summed E-state index contributed by atoms with van der Waals surface area (Å²) in [6, 6.07) is 16.8. The molecular formula is C20H24. The Hall–Kier alpha value is -2.08. The van der Waals surface area contributed by atoms with E-state index in [4.69, 9.17) is 0 Å². The second-order valence-electron chi connectivity index (χ2n) is 4.81. The highest BCUT2D eigenvalue weighted by atomic mass is 13.9. The molecule has 0 spiro atoms. The fraction of sp³-hybridized carbons (Fsp3) is 0.200. The van der Waals surface area contributed by atoms with Gasteiger partial charge >= 0.3 is 0 Å². The number of rotatable bonds is 4. The van der Waals surface area contributed by atoms with Gasteiger partial charge in [0.05, 0.1) is 0 Å². The molecule has 0 aliphatic heterocycles. The number of hydrogen-bond acceptors (Lipinski definition) is 0. The van der Waals surface area contributed by atoms with Gasteiger partial charge in [0.2, 0.25) is 0 Å². The normalized spacial score (nSPS) is 9.30. The molecular weight excluding hydrogens is 240 g/mol. The molecule has 2 aromatic carbocycles. The van der Waals surface area contributed by atoms with Crippen LogP contribution in [-0.2, 0) is 6.42 Å². The molecule has 104 valence electrons. The van der Waals surface area contributed by atoms with Crippen molar-refractivity contribution in [2.24, 2.45) is 0 Å². The maximum atomic E-state index is 3.71. The van der Waals surface area contributed by atoms with Crippen molar-refractivity contribution in [3.63, 3.8) is 0 Å². The fourth-order valence-corrected chi connectivity index (χ4v) is 1.91. The second kappa shape index (κ2) is 8.92. The first-order chi connectivity index (χ1) is 9.69. The van der Waals surface area contributed by atoms with E-state index in [2.05, 4.69) is 63.4 Å². The molecule has 0 N–H and O–H groups in total. The molecule has 0 aliphatic carbocycles. The van der Waals surface area contributed by atoms with Crippen LogP contribution in [0, 0.1) is 6.92 Å². The lowest BCUT2D eigenvalue weighted by atomic mass is 10.1. The molecule has 2 rings (SSSR count). The van der Waals surface area contributed by atoms with E-state index < -0.39 is 0 Å². The van der Waals surface area contributed by atoms with Crippen molar-refractivity contribution in [2.75, 3.05) is 0 Å². The molecule has 0 saturated heterocycles. The fourth-order valence-electron chi connectivity index (χ4n) is 1.91. The van der Waals surface area contributed by atoms with E-state index in [1.54, 1.807) is 0 Å². The van der Waals surface area contributed by atoms with Crippen molar-refractivity contribution in [2.45, 2.75) is 26.7 Å². The summed E-state index contributed by atoms with van der Waals surface area (Å²) in [6.07, 6.45) is 6.12. The Morgan fingerprint density at radius 3 is 2.00 bits per heavy atom. The number of aryl methyl sites for hydroxylation is 2. The van der Waals surface area contributed by atoms with Gasteiger partial charge in [-0.1, -0.05) is 92.7 Å². The standard InChI is InChI=1S/C11H14.C9H10/c1-3-5-11-8-6-10(4-2)7-9-11;1-3-9-6-4-5-8(2)7-9/h4,6-9H,2-3,5H2,1H3;3-7H,1H2,2H3. The van der Waals surface area contributed by atoms with Crippen molar-refractivity contribution < 1.29 is 0 Å². The largest absolute Gasteiger partial charge is 0.0985 e. The molecule has 0 aliphatic rings. The van der Waals surface area contributed by atoms with E-state index in [9.17, 15) is 0 Å². The first-order valence-electron chi connectivity index (χ1n) is 7.10. The van der Waals surface area contributed by atoms with Crippen molar-refractivity contribution in [1.29, 1.82) is 0 Å². The monoisotopic (exact) mass is 264 g/mol. The van der Waals surface area contributed by atoms with Gasteiger partial charge in [-0.2, -0.15) is 0 Å². The zero-order chi connectivity index (χ0) is 14.8. The van der Waals surface area contributed by atoms with Crippen LogP contribution in [0.5, 0.6) is 0 Å². The van der Waals surface area contributed by atoms with Crippen molar-refractivity contribution in [1.82, 2.24) is 0 Å². The third-order valence-corrected chi connectivity index (χ3v) is 3.03. The summed E-state index contributed by atoms with van der Waals surface area (Å²) in [4.78, 5) is 0. The Labute approximate surface area is 123 Å². The summed E-state index contributed by atoms with van der Waals surface area (Å²) in [7, 11) is 0. The van der Waals surface area contributed by atoms with Gasteiger partial charge in [0.1, 0.15) is 0 Å². The van der Waals surface area contributed by atoms with E-state index >= 15 is 0 Å². The summed E-state index contributed by atoms with van der Waals surface area (Å²) in [5.74, 6) is 0. The third-order valence-electron chi connectivity index (χ3n) is 3.03. The van der Waals surface area contributed by atoms with Gasteiger partial charge in [-0.15, -0.1) is 0 Å². The van der Waals surface area contributed by atoms with E-state index in [-0.39, 0.29) is 0 Å². The summed E-state index contributed by atoms with van der Waals surface area (Å²) < 4.78 is 0. The first kappa shape index (κ1) is 16.0. The van der Waals surface area contributed by atoms with Crippen molar-refractivity contribution in [3.05, 3.63) is 83.9 Å². The first-order valence-corrected chi connectivity index (χ1v) is 7.10. The SMILES string of the molecule is C=Cc1ccc(CCC)cc1.C=Cc1cccc(C)c1. The number of hydrogen-bond donors (Lipinski definition) is 0. The molecule has 0 fully saturated rings. The Morgan fingerprint density at radius 2 is 1.55 bits per heavy atom. The van der Waals surface area contributed by atoms with Crippen LogP contribution in [-0.4, -0.2) is 0 Å². The van der Waals surface area contributed by atoms with Crippen LogP contribution in [0.25, 0.3) is 12.2 Å². The molecule has 0 heteroatoms. The molecule has 0 nitrogen and oxygen atoms in total. The topological polar surface area (TPSA) is 0 Å². The highest BCUT2D eigenvalue weighted by molar-refractivity contribution is 5.48.